The molecule has 0 saturated heterocycles. The number of hydrogen-bond donors (Lipinski definition) is 1. The van der Waals surface area contributed by atoms with E-state index >= 15 is 0 Å². The summed E-state index contributed by atoms with van der Waals surface area (Å²) < 4.78 is 9.74. The van der Waals surface area contributed by atoms with E-state index in [9.17, 15) is 9.59 Å². The van der Waals surface area contributed by atoms with Crippen molar-refractivity contribution < 1.29 is 19.1 Å². The third kappa shape index (κ3) is 5.27. The van der Waals surface area contributed by atoms with E-state index < -0.39 is 12.1 Å². The zero-order valence-electron chi connectivity index (χ0n) is 11.1. The molecule has 0 radical (unpaired) electrons. The second-order valence-corrected chi connectivity index (χ2v) is 3.92. The maximum absolute atomic E-state index is 11.4. The normalized spacial score (nSPS) is 9.71. The number of ether oxygens (including phenoxy) is 2. The Morgan fingerprint density at radius 1 is 1.05 bits per heavy atom. The van der Waals surface area contributed by atoms with Crippen LogP contribution in [-0.4, -0.2) is 28.6 Å². The summed E-state index contributed by atoms with van der Waals surface area (Å²) in [5.41, 5.74) is 0.855. The maximum atomic E-state index is 11.4. The van der Waals surface area contributed by atoms with E-state index in [-0.39, 0.29) is 19.2 Å². The van der Waals surface area contributed by atoms with Crippen LogP contribution in [0.3, 0.4) is 0 Å². The quantitative estimate of drug-likeness (QED) is 0.834. The maximum Gasteiger partial charge on any atom is 0.407 e. The molecule has 1 amide bonds. The zero-order valence-corrected chi connectivity index (χ0v) is 11.1. The molecule has 0 saturated carbocycles. The van der Waals surface area contributed by atoms with Crippen LogP contribution in [-0.2, 0) is 16.1 Å². The van der Waals surface area contributed by atoms with Gasteiger partial charge in [0.05, 0.1) is 0 Å². The van der Waals surface area contributed by atoms with Gasteiger partial charge in [-0.2, -0.15) is 0 Å². The highest BCUT2D eigenvalue weighted by molar-refractivity contribution is 5.79. The summed E-state index contributed by atoms with van der Waals surface area (Å²) >= 11 is 0. The van der Waals surface area contributed by atoms with Crippen LogP contribution >= 0.6 is 0 Å². The lowest BCUT2D eigenvalue weighted by Gasteiger charge is -2.06. The second-order valence-electron chi connectivity index (χ2n) is 3.92. The molecule has 0 bridgehead atoms. The number of rotatable bonds is 5. The third-order valence-electron chi connectivity index (χ3n) is 2.34. The number of carbonyl (C=O) groups excluding carboxylic acids is 2. The lowest BCUT2D eigenvalue weighted by atomic mass is 10.2. The predicted molar refractivity (Wildman–Crippen MR) is 72.3 cm³/mol. The van der Waals surface area contributed by atoms with Crippen LogP contribution in [0.4, 0.5) is 4.79 Å². The molecule has 1 heterocycles. The standard InChI is InChI=1S/C14H13N3O4/c18-12(21-13-15-7-4-8-16-13)9-17-14(19)20-10-11-5-2-1-3-6-11/h1-8H,9-10H2,(H,17,19). The molecule has 2 rings (SSSR count). The number of hydrogen-bond acceptors (Lipinski definition) is 6. The first-order valence-corrected chi connectivity index (χ1v) is 6.16. The van der Waals surface area contributed by atoms with Crippen LogP contribution in [0.25, 0.3) is 0 Å². The van der Waals surface area contributed by atoms with Crippen molar-refractivity contribution in [3.63, 3.8) is 0 Å². The van der Waals surface area contributed by atoms with E-state index in [4.69, 9.17) is 9.47 Å². The minimum Gasteiger partial charge on any atom is -0.445 e. The fourth-order valence-electron chi connectivity index (χ4n) is 1.39. The van der Waals surface area contributed by atoms with Gasteiger partial charge < -0.3 is 14.8 Å². The average molecular weight is 287 g/mol. The summed E-state index contributed by atoms with van der Waals surface area (Å²) in [7, 11) is 0. The number of nitrogens with one attached hydrogen (secondary N) is 1. The van der Waals surface area contributed by atoms with Gasteiger partial charge in [0.2, 0.25) is 0 Å². The molecule has 1 aromatic carbocycles. The van der Waals surface area contributed by atoms with Gasteiger partial charge in [-0.3, -0.25) is 0 Å². The first-order valence-electron chi connectivity index (χ1n) is 6.16. The van der Waals surface area contributed by atoms with Crippen LogP contribution in [0.2, 0.25) is 0 Å². The molecule has 0 aliphatic heterocycles. The fraction of sp³-hybridized carbons (Fsp3) is 0.143. The zero-order chi connectivity index (χ0) is 14.9. The van der Waals surface area contributed by atoms with E-state index in [1.54, 1.807) is 6.07 Å². The van der Waals surface area contributed by atoms with Crippen molar-refractivity contribution in [3.05, 3.63) is 54.4 Å². The SMILES string of the molecule is O=C(CNC(=O)OCc1ccccc1)Oc1ncccn1. The molecule has 7 nitrogen and oxygen atoms in total. The Labute approximate surface area is 120 Å². The molecule has 21 heavy (non-hydrogen) atoms. The average Bonchev–Trinajstić information content (AvgIpc) is 2.53. The lowest BCUT2D eigenvalue weighted by Crippen LogP contribution is -2.32. The Kier molecular flexibility index (Phi) is 5.22. The molecule has 108 valence electrons. The summed E-state index contributed by atoms with van der Waals surface area (Å²) in [6.07, 6.45) is 2.18. The molecule has 0 fully saturated rings. The minimum absolute atomic E-state index is 0.0676. The number of esters is 1. The van der Waals surface area contributed by atoms with Gasteiger partial charge in [-0.15, -0.1) is 0 Å². The molecule has 2 aromatic rings. The fourth-order valence-corrected chi connectivity index (χ4v) is 1.39. The van der Waals surface area contributed by atoms with Crippen molar-refractivity contribution in [1.82, 2.24) is 15.3 Å². The van der Waals surface area contributed by atoms with Gasteiger partial charge in [-0.25, -0.2) is 19.6 Å². The number of aromatic nitrogens is 2. The van der Waals surface area contributed by atoms with Gasteiger partial charge >= 0.3 is 18.1 Å². The molecule has 0 spiro atoms. The number of benzene rings is 1. The number of nitrogens with zero attached hydrogens (tertiary/aromatic N) is 2. The van der Waals surface area contributed by atoms with Crippen LogP contribution in [0.5, 0.6) is 6.01 Å². The highest BCUT2D eigenvalue weighted by Crippen LogP contribution is 2.00. The smallest absolute Gasteiger partial charge is 0.407 e. The van der Waals surface area contributed by atoms with Gasteiger partial charge in [0.15, 0.2) is 0 Å². The van der Waals surface area contributed by atoms with Gasteiger partial charge in [-0.1, -0.05) is 30.3 Å². The number of alkyl carbamates (subject to hydrolysis) is 1. The Morgan fingerprint density at radius 2 is 1.76 bits per heavy atom. The molecule has 0 aliphatic rings. The first-order chi connectivity index (χ1) is 10.2. The van der Waals surface area contributed by atoms with Gasteiger partial charge in [0, 0.05) is 12.4 Å². The Morgan fingerprint density at radius 3 is 2.48 bits per heavy atom. The monoisotopic (exact) mass is 287 g/mol. The van der Waals surface area contributed by atoms with E-state index in [0.717, 1.165) is 5.56 Å². The molecule has 1 N–H and O–H groups in total. The predicted octanol–water partition coefficient (Wildman–Crippen LogP) is 1.31. The molecule has 0 atom stereocenters. The van der Waals surface area contributed by atoms with Crippen molar-refractivity contribution >= 4 is 12.1 Å². The number of carbonyl (C=O) groups is 2. The van der Waals surface area contributed by atoms with Gasteiger partial charge in [-0.05, 0) is 11.6 Å². The Bertz CT molecular complexity index is 590. The molecule has 1 aromatic heterocycles. The summed E-state index contributed by atoms with van der Waals surface area (Å²) in [6.45, 7) is -0.199. The second kappa shape index (κ2) is 7.59. The van der Waals surface area contributed by atoms with Crippen LogP contribution in [0.15, 0.2) is 48.8 Å². The van der Waals surface area contributed by atoms with Crippen molar-refractivity contribution in [2.24, 2.45) is 0 Å². The van der Waals surface area contributed by atoms with E-state index in [0.29, 0.717) is 0 Å². The van der Waals surface area contributed by atoms with Crippen LogP contribution < -0.4 is 10.1 Å². The molecule has 0 unspecified atom stereocenters. The van der Waals surface area contributed by atoms with Crippen molar-refractivity contribution in [2.75, 3.05) is 6.54 Å². The number of amides is 1. The lowest BCUT2D eigenvalue weighted by molar-refractivity contribution is -0.133. The largest absolute Gasteiger partial charge is 0.445 e. The molecule has 0 aliphatic carbocycles. The Hall–Kier alpha value is -2.96. The summed E-state index contributed by atoms with van der Waals surface area (Å²) in [5, 5.41) is 2.28. The topological polar surface area (TPSA) is 90.4 Å². The van der Waals surface area contributed by atoms with Gasteiger partial charge in [0.1, 0.15) is 13.2 Å². The van der Waals surface area contributed by atoms with Crippen molar-refractivity contribution in [3.8, 4) is 6.01 Å². The van der Waals surface area contributed by atoms with Crippen LogP contribution in [0.1, 0.15) is 5.56 Å². The van der Waals surface area contributed by atoms with Gasteiger partial charge in [0.25, 0.3) is 0 Å². The van der Waals surface area contributed by atoms with Crippen LogP contribution in [0, 0.1) is 0 Å². The van der Waals surface area contributed by atoms with Crippen molar-refractivity contribution in [2.45, 2.75) is 6.61 Å². The third-order valence-corrected chi connectivity index (χ3v) is 2.34. The Balaban J connectivity index is 1.68. The molecular formula is C14H13N3O4. The van der Waals surface area contributed by atoms with E-state index in [1.807, 2.05) is 30.3 Å². The molecular weight excluding hydrogens is 274 g/mol. The highest BCUT2D eigenvalue weighted by atomic mass is 16.6. The summed E-state index contributed by atoms with van der Waals surface area (Å²) in [6, 6.07) is 10.7. The summed E-state index contributed by atoms with van der Waals surface area (Å²) in [4.78, 5) is 30.3. The molecule has 7 heteroatoms. The van der Waals surface area contributed by atoms with E-state index in [2.05, 4.69) is 15.3 Å². The van der Waals surface area contributed by atoms with E-state index in [1.165, 1.54) is 12.4 Å². The minimum atomic E-state index is -0.704. The summed E-state index contributed by atoms with van der Waals surface area (Å²) in [5.74, 6) is -0.683. The van der Waals surface area contributed by atoms with Crippen molar-refractivity contribution in [1.29, 1.82) is 0 Å². The highest BCUT2D eigenvalue weighted by Gasteiger charge is 2.09. The first kappa shape index (κ1) is 14.4.